The van der Waals surface area contributed by atoms with Crippen LogP contribution < -0.4 is 10.5 Å². The van der Waals surface area contributed by atoms with Gasteiger partial charge in [-0.25, -0.2) is 9.37 Å². The number of nitrogens with zero attached hydrogens (tertiary/aromatic N) is 1. The second kappa shape index (κ2) is 5.12. The third-order valence-electron chi connectivity index (χ3n) is 1.67. The van der Waals surface area contributed by atoms with Crippen molar-refractivity contribution in [1.82, 2.24) is 4.98 Å². The second-order valence-corrected chi connectivity index (χ2v) is 3.29. The van der Waals surface area contributed by atoms with Gasteiger partial charge in [0.1, 0.15) is 18.3 Å². The lowest BCUT2D eigenvalue weighted by atomic mass is 10.2. The van der Waals surface area contributed by atoms with Crippen molar-refractivity contribution in [2.75, 3.05) is 13.3 Å². The Morgan fingerprint density at radius 2 is 2.43 bits per heavy atom. The van der Waals surface area contributed by atoms with Gasteiger partial charge in [0, 0.05) is 12.2 Å². The predicted molar refractivity (Wildman–Crippen MR) is 53.3 cm³/mol. The van der Waals surface area contributed by atoms with E-state index in [0.29, 0.717) is 5.02 Å². The van der Waals surface area contributed by atoms with Crippen LogP contribution in [0.25, 0.3) is 0 Å². The first-order valence-electron chi connectivity index (χ1n) is 4.25. The monoisotopic (exact) mass is 218 g/mol. The molecule has 1 aromatic heterocycles. The molecule has 1 unspecified atom stereocenters. The predicted octanol–water partition coefficient (Wildman–Crippen LogP) is 2.10. The fraction of sp³-hybridized carbons (Fsp3) is 0.444. The van der Waals surface area contributed by atoms with Gasteiger partial charge in [-0.2, -0.15) is 0 Å². The molecule has 0 aromatic carbocycles. The van der Waals surface area contributed by atoms with E-state index in [1.807, 2.05) is 6.92 Å². The lowest BCUT2D eigenvalue weighted by Gasteiger charge is -2.08. The SMILES string of the molecule is CC(N)c1cnc(OCCF)c(Cl)c1. The molecule has 0 aliphatic carbocycles. The number of hydrogen-bond donors (Lipinski definition) is 1. The summed E-state index contributed by atoms with van der Waals surface area (Å²) in [5.74, 6) is 0.244. The number of alkyl halides is 1. The fourth-order valence-electron chi connectivity index (χ4n) is 0.931. The molecule has 0 bridgehead atoms. The van der Waals surface area contributed by atoms with Crippen LogP contribution in [-0.2, 0) is 0 Å². The normalized spacial score (nSPS) is 12.6. The molecule has 0 saturated heterocycles. The quantitative estimate of drug-likeness (QED) is 0.842. The van der Waals surface area contributed by atoms with Crippen LogP contribution >= 0.6 is 11.6 Å². The molecule has 3 nitrogen and oxygen atoms in total. The van der Waals surface area contributed by atoms with Crippen molar-refractivity contribution in [1.29, 1.82) is 0 Å². The van der Waals surface area contributed by atoms with Crippen molar-refractivity contribution in [2.45, 2.75) is 13.0 Å². The van der Waals surface area contributed by atoms with Gasteiger partial charge in [0.25, 0.3) is 0 Å². The average molecular weight is 219 g/mol. The molecule has 0 amide bonds. The molecule has 0 aliphatic heterocycles. The summed E-state index contributed by atoms with van der Waals surface area (Å²) in [6.07, 6.45) is 1.57. The van der Waals surface area contributed by atoms with Gasteiger partial charge in [-0.15, -0.1) is 0 Å². The van der Waals surface area contributed by atoms with Crippen LogP contribution in [0.4, 0.5) is 4.39 Å². The van der Waals surface area contributed by atoms with Gasteiger partial charge in [0.15, 0.2) is 0 Å². The molecule has 0 radical (unpaired) electrons. The Morgan fingerprint density at radius 3 is 2.93 bits per heavy atom. The smallest absolute Gasteiger partial charge is 0.232 e. The van der Waals surface area contributed by atoms with E-state index < -0.39 is 6.67 Å². The topological polar surface area (TPSA) is 48.1 Å². The molecular formula is C9H12ClFN2O. The first-order valence-corrected chi connectivity index (χ1v) is 4.62. The molecule has 1 atom stereocenters. The summed E-state index contributed by atoms with van der Waals surface area (Å²) < 4.78 is 16.8. The summed E-state index contributed by atoms with van der Waals surface area (Å²) in [5, 5.41) is 0.355. The van der Waals surface area contributed by atoms with E-state index in [4.69, 9.17) is 22.1 Å². The van der Waals surface area contributed by atoms with Crippen LogP contribution in [0.1, 0.15) is 18.5 Å². The molecular weight excluding hydrogens is 207 g/mol. The van der Waals surface area contributed by atoms with E-state index in [2.05, 4.69) is 4.98 Å². The van der Waals surface area contributed by atoms with Crippen molar-refractivity contribution < 1.29 is 9.13 Å². The van der Waals surface area contributed by atoms with Gasteiger partial charge in [-0.05, 0) is 18.6 Å². The number of aromatic nitrogens is 1. The first-order chi connectivity index (χ1) is 6.65. The summed E-state index contributed by atoms with van der Waals surface area (Å²) in [7, 11) is 0. The Hall–Kier alpha value is -0.870. The molecule has 0 spiro atoms. The van der Waals surface area contributed by atoms with Crippen molar-refractivity contribution >= 4 is 11.6 Å². The van der Waals surface area contributed by atoms with Crippen LogP contribution in [-0.4, -0.2) is 18.3 Å². The second-order valence-electron chi connectivity index (χ2n) is 2.88. The number of rotatable bonds is 4. The number of halogens is 2. The minimum atomic E-state index is -0.562. The molecule has 2 N–H and O–H groups in total. The van der Waals surface area contributed by atoms with Crippen molar-refractivity contribution in [3.8, 4) is 5.88 Å². The minimum absolute atomic E-state index is 0.0375. The van der Waals surface area contributed by atoms with Crippen LogP contribution in [0.2, 0.25) is 5.02 Å². The van der Waals surface area contributed by atoms with E-state index in [9.17, 15) is 4.39 Å². The van der Waals surface area contributed by atoms with Gasteiger partial charge in [-0.3, -0.25) is 0 Å². The van der Waals surface area contributed by atoms with Gasteiger partial charge in [-0.1, -0.05) is 11.6 Å². The molecule has 1 rings (SSSR count). The third kappa shape index (κ3) is 2.82. The van der Waals surface area contributed by atoms with Gasteiger partial charge >= 0.3 is 0 Å². The van der Waals surface area contributed by atoms with Gasteiger partial charge in [0.2, 0.25) is 5.88 Å². The molecule has 1 heterocycles. The Bertz CT molecular complexity index is 307. The summed E-state index contributed by atoms with van der Waals surface area (Å²) in [6.45, 7) is 1.23. The largest absolute Gasteiger partial charge is 0.474 e. The lowest BCUT2D eigenvalue weighted by Crippen LogP contribution is -2.07. The molecule has 78 valence electrons. The highest BCUT2D eigenvalue weighted by Crippen LogP contribution is 2.24. The Balaban J connectivity index is 2.79. The number of ether oxygens (including phenoxy) is 1. The summed E-state index contributed by atoms with van der Waals surface area (Å²) in [6, 6.07) is 1.54. The van der Waals surface area contributed by atoms with Gasteiger partial charge < -0.3 is 10.5 Å². The Kier molecular flexibility index (Phi) is 4.10. The van der Waals surface area contributed by atoms with E-state index in [0.717, 1.165) is 5.56 Å². The zero-order valence-electron chi connectivity index (χ0n) is 7.84. The number of pyridine rings is 1. The minimum Gasteiger partial charge on any atom is -0.474 e. The third-order valence-corrected chi connectivity index (χ3v) is 1.94. The summed E-state index contributed by atoms with van der Waals surface area (Å²) >= 11 is 5.84. The fourth-order valence-corrected chi connectivity index (χ4v) is 1.16. The first kappa shape index (κ1) is 11.2. The zero-order chi connectivity index (χ0) is 10.6. The maximum Gasteiger partial charge on any atom is 0.232 e. The van der Waals surface area contributed by atoms with Crippen LogP contribution in [0.3, 0.4) is 0 Å². The lowest BCUT2D eigenvalue weighted by molar-refractivity contribution is 0.264. The highest BCUT2D eigenvalue weighted by Gasteiger charge is 2.06. The van der Waals surface area contributed by atoms with Crippen molar-refractivity contribution in [2.24, 2.45) is 5.73 Å². The van der Waals surface area contributed by atoms with Gasteiger partial charge in [0.05, 0.1) is 0 Å². The Labute approximate surface area is 87.0 Å². The maximum atomic E-state index is 11.8. The van der Waals surface area contributed by atoms with Crippen LogP contribution in [0.5, 0.6) is 5.88 Å². The van der Waals surface area contributed by atoms with Crippen molar-refractivity contribution in [3.05, 3.63) is 22.8 Å². The highest BCUT2D eigenvalue weighted by molar-refractivity contribution is 6.31. The van der Waals surface area contributed by atoms with E-state index in [1.54, 1.807) is 12.3 Å². The number of nitrogens with two attached hydrogens (primary N) is 1. The van der Waals surface area contributed by atoms with E-state index in [1.165, 1.54) is 0 Å². The molecule has 5 heteroatoms. The van der Waals surface area contributed by atoms with E-state index in [-0.39, 0.29) is 18.5 Å². The average Bonchev–Trinajstić information content (AvgIpc) is 2.15. The highest BCUT2D eigenvalue weighted by atomic mass is 35.5. The molecule has 14 heavy (non-hydrogen) atoms. The molecule has 0 saturated carbocycles. The zero-order valence-corrected chi connectivity index (χ0v) is 8.59. The molecule has 0 fully saturated rings. The Morgan fingerprint density at radius 1 is 1.71 bits per heavy atom. The summed E-state index contributed by atoms with van der Waals surface area (Å²) in [4.78, 5) is 3.94. The summed E-state index contributed by atoms with van der Waals surface area (Å²) in [5.41, 5.74) is 6.46. The molecule has 0 aliphatic rings. The molecule has 1 aromatic rings. The standard InChI is InChI=1S/C9H12ClFN2O/c1-6(12)7-4-8(10)9(13-5-7)14-3-2-11/h4-6H,2-3,12H2,1H3. The van der Waals surface area contributed by atoms with Crippen LogP contribution in [0, 0.1) is 0 Å². The number of hydrogen-bond acceptors (Lipinski definition) is 3. The van der Waals surface area contributed by atoms with Crippen LogP contribution in [0.15, 0.2) is 12.3 Å². The van der Waals surface area contributed by atoms with Crippen molar-refractivity contribution in [3.63, 3.8) is 0 Å². The maximum absolute atomic E-state index is 11.8. The van der Waals surface area contributed by atoms with E-state index >= 15 is 0 Å².